The van der Waals surface area contributed by atoms with Gasteiger partial charge in [-0.1, -0.05) is 45.8 Å². The molecule has 0 amide bonds. The predicted molar refractivity (Wildman–Crippen MR) is 52.4 cm³/mol. The molecular weight excluding hydrogens is 132 g/mol. The Morgan fingerprint density at radius 2 is 1.91 bits per heavy atom. The van der Waals surface area contributed by atoms with Gasteiger partial charge in [-0.3, -0.25) is 0 Å². The first kappa shape index (κ1) is 10.7. The molecule has 0 aliphatic carbocycles. The van der Waals surface area contributed by atoms with Gasteiger partial charge in [0.15, 0.2) is 0 Å². The zero-order valence-electron chi connectivity index (χ0n) is 7.97. The van der Waals surface area contributed by atoms with Crippen LogP contribution >= 0.6 is 0 Å². The average Bonchev–Trinajstić information content (AvgIpc) is 1.96. The fraction of sp³-hybridized carbons (Fsp3) is 0.727. The number of unbranched alkanes of at least 4 members (excludes halogenated alkanes) is 2. The largest absolute Gasteiger partial charge is 0.0885 e. The maximum absolute atomic E-state index is 3.95. The summed E-state index contributed by atoms with van der Waals surface area (Å²) in [5, 5.41) is 0. The number of hydrogen-bond acceptors (Lipinski definition) is 0. The van der Waals surface area contributed by atoms with E-state index in [-0.39, 0.29) is 0 Å². The van der Waals surface area contributed by atoms with Gasteiger partial charge in [-0.05, 0) is 25.2 Å². The second-order valence-corrected chi connectivity index (χ2v) is 3.30. The van der Waals surface area contributed by atoms with E-state index in [2.05, 4.69) is 32.9 Å². The van der Waals surface area contributed by atoms with Crippen molar-refractivity contribution in [3.05, 3.63) is 19.1 Å². The van der Waals surface area contributed by atoms with E-state index in [4.69, 9.17) is 0 Å². The quantitative estimate of drug-likeness (QED) is 0.400. The zero-order chi connectivity index (χ0) is 8.53. The minimum absolute atomic E-state index is 0.620. The van der Waals surface area contributed by atoms with Crippen LogP contribution in [0.4, 0.5) is 0 Å². The van der Waals surface area contributed by atoms with E-state index in [1.807, 2.05) is 0 Å². The molecule has 0 saturated carbocycles. The molecule has 0 rings (SSSR count). The standard InChI is InChI=1S/C11H21/c1-4-5-6-7-8-9-10-11(2)3/h6-7,11H,2,4-5,8-10H2,1,3H3. The van der Waals surface area contributed by atoms with E-state index in [0.29, 0.717) is 5.92 Å². The molecule has 0 bridgehead atoms. The lowest BCUT2D eigenvalue weighted by Gasteiger charge is -2.00. The van der Waals surface area contributed by atoms with Crippen LogP contribution in [0.3, 0.4) is 0 Å². The summed E-state index contributed by atoms with van der Waals surface area (Å²) in [4.78, 5) is 0. The molecule has 11 heavy (non-hydrogen) atoms. The van der Waals surface area contributed by atoms with Crippen molar-refractivity contribution < 1.29 is 0 Å². The summed E-state index contributed by atoms with van der Waals surface area (Å²) in [5.74, 6) is 0.620. The second kappa shape index (κ2) is 7.84. The lowest BCUT2D eigenvalue weighted by molar-refractivity contribution is 0.608. The first-order chi connectivity index (χ1) is 5.27. The molecule has 0 fully saturated rings. The lowest BCUT2D eigenvalue weighted by Crippen LogP contribution is -1.85. The van der Waals surface area contributed by atoms with Crippen molar-refractivity contribution in [2.45, 2.75) is 46.0 Å². The first-order valence-corrected chi connectivity index (χ1v) is 4.75. The van der Waals surface area contributed by atoms with Crippen LogP contribution in [-0.2, 0) is 0 Å². The van der Waals surface area contributed by atoms with Crippen molar-refractivity contribution in [1.82, 2.24) is 0 Å². The van der Waals surface area contributed by atoms with Gasteiger partial charge in [-0.2, -0.15) is 0 Å². The van der Waals surface area contributed by atoms with Crippen LogP contribution in [0.1, 0.15) is 46.0 Å². The van der Waals surface area contributed by atoms with Crippen LogP contribution in [0.2, 0.25) is 0 Å². The Balaban J connectivity index is 3.01. The van der Waals surface area contributed by atoms with Crippen molar-refractivity contribution in [3.63, 3.8) is 0 Å². The predicted octanol–water partition coefficient (Wildman–Crippen LogP) is 3.98. The van der Waals surface area contributed by atoms with Gasteiger partial charge in [-0.15, -0.1) is 0 Å². The second-order valence-electron chi connectivity index (χ2n) is 3.30. The smallest absolute Gasteiger partial charge is 0.0351 e. The summed E-state index contributed by atoms with van der Waals surface area (Å²) in [7, 11) is 0. The van der Waals surface area contributed by atoms with Gasteiger partial charge in [0.1, 0.15) is 0 Å². The van der Waals surface area contributed by atoms with Gasteiger partial charge in [0.25, 0.3) is 0 Å². The molecule has 0 aromatic carbocycles. The van der Waals surface area contributed by atoms with Crippen molar-refractivity contribution >= 4 is 0 Å². The molecule has 0 heterocycles. The highest BCUT2D eigenvalue weighted by Gasteiger charge is 1.90. The Labute approximate surface area is 71.7 Å². The third-order valence-electron chi connectivity index (χ3n) is 1.69. The molecule has 0 spiro atoms. The van der Waals surface area contributed by atoms with Crippen molar-refractivity contribution in [3.8, 4) is 0 Å². The summed E-state index contributed by atoms with van der Waals surface area (Å²) in [6, 6.07) is 0. The van der Waals surface area contributed by atoms with Crippen LogP contribution in [0.15, 0.2) is 12.2 Å². The molecule has 0 aliphatic heterocycles. The fourth-order valence-corrected chi connectivity index (χ4v) is 0.987. The Kier molecular flexibility index (Phi) is 7.66. The van der Waals surface area contributed by atoms with Crippen LogP contribution < -0.4 is 0 Å². The van der Waals surface area contributed by atoms with Crippen molar-refractivity contribution in [1.29, 1.82) is 0 Å². The molecule has 0 aliphatic rings. The highest BCUT2D eigenvalue weighted by atomic mass is 14.0. The Morgan fingerprint density at radius 1 is 1.27 bits per heavy atom. The number of allylic oxidation sites excluding steroid dienone is 2. The SMILES string of the molecule is [CH2]C(C)CCCC=CCCC. The molecule has 0 nitrogen and oxygen atoms in total. The van der Waals surface area contributed by atoms with Gasteiger partial charge in [0, 0.05) is 0 Å². The van der Waals surface area contributed by atoms with Gasteiger partial charge >= 0.3 is 0 Å². The molecule has 1 atom stereocenters. The van der Waals surface area contributed by atoms with Crippen molar-refractivity contribution in [2.75, 3.05) is 0 Å². The lowest BCUT2D eigenvalue weighted by atomic mass is 10.1. The maximum Gasteiger partial charge on any atom is -0.0351 e. The molecule has 1 radical (unpaired) electrons. The van der Waals surface area contributed by atoms with Gasteiger partial charge < -0.3 is 0 Å². The first-order valence-electron chi connectivity index (χ1n) is 4.75. The molecule has 0 saturated heterocycles. The molecule has 65 valence electrons. The monoisotopic (exact) mass is 153 g/mol. The van der Waals surface area contributed by atoms with Crippen LogP contribution in [-0.4, -0.2) is 0 Å². The molecule has 0 heteroatoms. The van der Waals surface area contributed by atoms with Gasteiger partial charge in [-0.25, -0.2) is 0 Å². The van der Waals surface area contributed by atoms with Gasteiger partial charge in [0.05, 0.1) is 0 Å². The summed E-state index contributed by atoms with van der Waals surface area (Å²) in [6.07, 6.45) is 10.9. The van der Waals surface area contributed by atoms with E-state index in [0.717, 1.165) is 0 Å². The highest BCUT2D eigenvalue weighted by molar-refractivity contribution is 4.80. The Hall–Kier alpha value is -0.260. The zero-order valence-corrected chi connectivity index (χ0v) is 7.97. The molecule has 0 aromatic heterocycles. The van der Waals surface area contributed by atoms with Crippen molar-refractivity contribution in [2.24, 2.45) is 5.92 Å². The van der Waals surface area contributed by atoms with E-state index in [1.165, 1.54) is 32.1 Å². The summed E-state index contributed by atoms with van der Waals surface area (Å²) >= 11 is 0. The summed E-state index contributed by atoms with van der Waals surface area (Å²) in [6.45, 7) is 8.34. The van der Waals surface area contributed by atoms with E-state index < -0.39 is 0 Å². The van der Waals surface area contributed by atoms with E-state index >= 15 is 0 Å². The average molecular weight is 153 g/mol. The number of rotatable bonds is 6. The Bertz CT molecular complexity index is 90.2. The molecule has 1 unspecified atom stereocenters. The van der Waals surface area contributed by atoms with Crippen LogP contribution in [0, 0.1) is 12.8 Å². The third-order valence-corrected chi connectivity index (χ3v) is 1.69. The highest BCUT2D eigenvalue weighted by Crippen LogP contribution is 2.06. The molecule has 0 aromatic rings. The fourth-order valence-electron chi connectivity index (χ4n) is 0.987. The summed E-state index contributed by atoms with van der Waals surface area (Å²) < 4.78 is 0. The molecular formula is C11H21. The normalized spacial score (nSPS) is 11.6. The van der Waals surface area contributed by atoms with E-state index in [9.17, 15) is 0 Å². The number of hydrogen-bond donors (Lipinski definition) is 0. The minimum atomic E-state index is 0.620. The topological polar surface area (TPSA) is 0 Å². The van der Waals surface area contributed by atoms with Crippen LogP contribution in [0.5, 0.6) is 0 Å². The molecule has 0 N–H and O–H groups in total. The summed E-state index contributed by atoms with van der Waals surface area (Å²) in [5.41, 5.74) is 0. The third kappa shape index (κ3) is 9.74. The van der Waals surface area contributed by atoms with E-state index in [1.54, 1.807) is 0 Å². The maximum atomic E-state index is 3.95. The minimum Gasteiger partial charge on any atom is -0.0885 e. The van der Waals surface area contributed by atoms with Gasteiger partial charge in [0.2, 0.25) is 0 Å². The Morgan fingerprint density at radius 3 is 2.45 bits per heavy atom. The van der Waals surface area contributed by atoms with Crippen LogP contribution in [0.25, 0.3) is 0 Å².